The van der Waals surface area contributed by atoms with Crippen LogP contribution in [0.3, 0.4) is 0 Å². The first-order chi connectivity index (χ1) is 6.27. The van der Waals surface area contributed by atoms with Crippen LogP contribution in [0.5, 0.6) is 0 Å². The summed E-state index contributed by atoms with van der Waals surface area (Å²) < 4.78 is 0. The second-order valence-electron chi connectivity index (χ2n) is 3.07. The molecule has 1 fully saturated rings. The largest absolute Gasteiger partial charge is 0.364 e. The van der Waals surface area contributed by atoms with Crippen LogP contribution >= 0.6 is 11.3 Å². The van der Waals surface area contributed by atoms with Crippen LogP contribution in [-0.2, 0) is 0 Å². The monoisotopic (exact) mass is 197 g/mol. The van der Waals surface area contributed by atoms with Gasteiger partial charge in [-0.1, -0.05) is 0 Å². The first kappa shape index (κ1) is 8.50. The van der Waals surface area contributed by atoms with Gasteiger partial charge < -0.3 is 10.6 Å². The third-order valence-corrected chi connectivity index (χ3v) is 3.02. The lowest BCUT2D eigenvalue weighted by atomic mass is 10.4. The van der Waals surface area contributed by atoms with Crippen molar-refractivity contribution in [1.82, 2.24) is 4.98 Å². The molecule has 1 aliphatic rings. The Morgan fingerprint density at radius 3 is 2.77 bits per heavy atom. The molecule has 0 aromatic carbocycles. The smallest absolute Gasteiger partial charge is 0.268 e. The quantitative estimate of drug-likeness (QED) is 0.764. The molecule has 5 heteroatoms. The number of hydrogen-bond acceptors (Lipinski definition) is 4. The first-order valence-corrected chi connectivity index (χ1v) is 5.15. The van der Waals surface area contributed by atoms with Gasteiger partial charge in [-0.15, -0.1) is 11.3 Å². The van der Waals surface area contributed by atoms with Crippen molar-refractivity contribution in [2.24, 2.45) is 5.73 Å². The van der Waals surface area contributed by atoms with Crippen molar-refractivity contribution in [1.29, 1.82) is 0 Å². The van der Waals surface area contributed by atoms with Crippen molar-refractivity contribution in [3.8, 4) is 0 Å². The molecule has 2 rings (SSSR count). The van der Waals surface area contributed by atoms with E-state index in [1.165, 1.54) is 24.2 Å². The van der Waals surface area contributed by atoms with Gasteiger partial charge in [0.2, 0.25) is 0 Å². The number of nitrogens with zero attached hydrogens (tertiary/aromatic N) is 2. The lowest BCUT2D eigenvalue weighted by Crippen LogP contribution is -2.18. The number of thiazole rings is 1. The van der Waals surface area contributed by atoms with Crippen LogP contribution in [0.15, 0.2) is 5.38 Å². The fourth-order valence-corrected chi connectivity index (χ4v) is 2.30. The highest BCUT2D eigenvalue weighted by atomic mass is 32.1. The minimum Gasteiger partial charge on any atom is -0.364 e. The van der Waals surface area contributed by atoms with Gasteiger partial charge >= 0.3 is 0 Å². The second kappa shape index (κ2) is 3.33. The van der Waals surface area contributed by atoms with Crippen molar-refractivity contribution in [3.05, 3.63) is 11.1 Å². The number of carbonyl (C=O) groups excluding carboxylic acids is 1. The summed E-state index contributed by atoms with van der Waals surface area (Å²) in [5, 5.41) is 2.64. The van der Waals surface area contributed by atoms with Gasteiger partial charge in [0.15, 0.2) is 5.13 Å². The fourth-order valence-electron chi connectivity index (χ4n) is 1.43. The molecule has 1 aromatic rings. The third-order valence-electron chi connectivity index (χ3n) is 2.12. The van der Waals surface area contributed by atoms with Gasteiger partial charge in [-0.25, -0.2) is 4.98 Å². The van der Waals surface area contributed by atoms with Crippen LogP contribution in [-0.4, -0.2) is 24.0 Å². The van der Waals surface area contributed by atoms with Crippen LogP contribution in [0.2, 0.25) is 0 Å². The van der Waals surface area contributed by atoms with Crippen molar-refractivity contribution in [2.75, 3.05) is 18.0 Å². The number of hydrogen-bond donors (Lipinski definition) is 1. The summed E-state index contributed by atoms with van der Waals surface area (Å²) in [7, 11) is 0. The van der Waals surface area contributed by atoms with Gasteiger partial charge in [0.1, 0.15) is 5.69 Å². The van der Waals surface area contributed by atoms with E-state index in [0.717, 1.165) is 18.2 Å². The molecular weight excluding hydrogens is 186 g/mol. The molecule has 0 unspecified atom stereocenters. The van der Waals surface area contributed by atoms with Crippen LogP contribution in [0, 0.1) is 0 Å². The Hall–Kier alpha value is -1.10. The van der Waals surface area contributed by atoms with Crippen LogP contribution in [0.1, 0.15) is 23.3 Å². The molecule has 0 bridgehead atoms. The fraction of sp³-hybridized carbons (Fsp3) is 0.500. The topological polar surface area (TPSA) is 59.2 Å². The molecule has 1 aliphatic heterocycles. The molecular formula is C8H11N3OS. The summed E-state index contributed by atoms with van der Waals surface area (Å²) in [6.07, 6.45) is 2.43. The van der Waals surface area contributed by atoms with Crippen LogP contribution < -0.4 is 10.6 Å². The summed E-state index contributed by atoms with van der Waals surface area (Å²) in [4.78, 5) is 17.1. The Labute approximate surface area is 80.4 Å². The summed E-state index contributed by atoms with van der Waals surface area (Å²) in [5.41, 5.74) is 5.49. The van der Waals surface area contributed by atoms with Gasteiger partial charge in [-0.3, -0.25) is 4.79 Å². The zero-order chi connectivity index (χ0) is 9.26. The number of primary amides is 1. The summed E-state index contributed by atoms with van der Waals surface area (Å²) in [6, 6.07) is 0. The average molecular weight is 197 g/mol. The highest BCUT2D eigenvalue weighted by Crippen LogP contribution is 2.23. The van der Waals surface area contributed by atoms with Crippen molar-refractivity contribution >= 4 is 22.4 Å². The first-order valence-electron chi connectivity index (χ1n) is 4.27. The molecule has 1 saturated heterocycles. The van der Waals surface area contributed by atoms with Gasteiger partial charge in [-0.05, 0) is 12.8 Å². The second-order valence-corrected chi connectivity index (χ2v) is 3.91. The van der Waals surface area contributed by atoms with Gasteiger partial charge in [-0.2, -0.15) is 0 Å². The molecule has 1 aromatic heterocycles. The molecule has 13 heavy (non-hydrogen) atoms. The van der Waals surface area contributed by atoms with Gasteiger partial charge in [0, 0.05) is 18.5 Å². The Balaban J connectivity index is 2.16. The minimum atomic E-state index is -0.443. The molecule has 0 aliphatic carbocycles. The number of aromatic nitrogens is 1. The van der Waals surface area contributed by atoms with E-state index in [2.05, 4.69) is 9.88 Å². The molecule has 0 atom stereocenters. The minimum absolute atomic E-state index is 0.381. The molecule has 0 radical (unpaired) electrons. The molecule has 70 valence electrons. The predicted octanol–water partition coefficient (Wildman–Crippen LogP) is 0.842. The van der Waals surface area contributed by atoms with E-state index in [0.29, 0.717) is 5.69 Å². The SMILES string of the molecule is NC(=O)c1csc(N2CCCC2)n1. The molecule has 1 amide bonds. The predicted molar refractivity (Wildman–Crippen MR) is 52.1 cm³/mol. The molecule has 2 heterocycles. The molecule has 2 N–H and O–H groups in total. The third kappa shape index (κ3) is 1.65. The maximum absolute atomic E-state index is 10.8. The zero-order valence-electron chi connectivity index (χ0n) is 7.19. The maximum Gasteiger partial charge on any atom is 0.268 e. The number of amides is 1. The number of anilines is 1. The number of rotatable bonds is 2. The van der Waals surface area contributed by atoms with Crippen LogP contribution in [0.25, 0.3) is 0 Å². The Bertz CT molecular complexity index is 317. The van der Waals surface area contributed by atoms with E-state index < -0.39 is 5.91 Å². The maximum atomic E-state index is 10.8. The molecule has 0 spiro atoms. The molecule has 4 nitrogen and oxygen atoms in total. The lowest BCUT2D eigenvalue weighted by Gasteiger charge is -2.11. The van der Waals surface area contributed by atoms with E-state index in [4.69, 9.17) is 5.73 Å². The van der Waals surface area contributed by atoms with Gasteiger partial charge in [0.25, 0.3) is 5.91 Å². The van der Waals surface area contributed by atoms with E-state index in [-0.39, 0.29) is 0 Å². The highest BCUT2D eigenvalue weighted by molar-refractivity contribution is 7.13. The normalized spacial score (nSPS) is 16.5. The average Bonchev–Trinajstić information content (AvgIpc) is 2.75. The number of carbonyl (C=O) groups is 1. The summed E-state index contributed by atoms with van der Waals surface area (Å²) in [6.45, 7) is 2.09. The van der Waals surface area contributed by atoms with E-state index >= 15 is 0 Å². The van der Waals surface area contributed by atoms with Crippen molar-refractivity contribution in [2.45, 2.75) is 12.8 Å². The van der Waals surface area contributed by atoms with E-state index in [1.807, 2.05) is 0 Å². The Kier molecular flexibility index (Phi) is 2.18. The van der Waals surface area contributed by atoms with E-state index in [9.17, 15) is 4.79 Å². The lowest BCUT2D eigenvalue weighted by molar-refractivity contribution is 0.0996. The Morgan fingerprint density at radius 1 is 1.54 bits per heavy atom. The summed E-state index contributed by atoms with van der Waals surface area (Å²) in [5.74, 6) is -0.443. The highest BCUT2D eigenvalue weighted by Gasteiger charge is 2.16. The standard InChI is InChI=1S/C8H11N3OS/c9-7(12)6-5-13-8(10-6)11-3-1-2-4-11/h5H,1-4H2,(H2,9,12). The van der Waals surface area contributed by atoms with Gasteiger partial charge in [0.05, 0.1) is 0 Å². The van der Waals surface area contributed by atoms with E-state index in [1.54, 1.807) is 5.38 Å². The number of nitrogens with two attached hydrogens (primary N) is 1. The summed E-state index contributed by atoms with van der Waals surface area (Å²) >= 11 is 1.49. The Morgan fingerprint density at radius 2 is 2.23 bits per heavy atom. The van der Waals surface area contributed by atoms with Crippen LogP contribution in [0.4, 0.5) is 5.13 Å². The van der Waals surface area contributed by atoms with Crippen molar-refractivity contribution < 1.29 is 4.79 Å². The molecule has 0 saturated carbocycles. The zero-order valence-corrected chi connectivity index (χ0v) is 8.01. The van der Waals surface area contributed by atoms with Crippen molar-refractivity contribution in [3.63, 3.8) is 0 Å².